The summed E-state index contributed by atoms with van der Waals surface area (Å²) in [6, 6.07) is 0. The van der Waals surface area contributed by atoms with Gasteiger partial charge in [-0.2, -0.15) is 0 Å². The molecule has 0 spiro atoms. The fourth-order valence-corrected chi connectivity index (χ4v) is 1.60. The van der Waals surface area contributed by atoms with Crippen molar-refractivity contribution in [2.45, 2.75) is 35.8 Å². The molecule has 0 aliphatic heterocycles. The van der Waals surface area contributed by atoms with E-state index < -0.39 is 11.5 Å². The second kappa shape index (κ2) is 5.87. The molecule has 0 aromatic rings. The van der Waals surface area contributed by atoms with Crippen molar-refractivity contribution >= 4 is 28.6 Å². The van der Waals surface area contributed by atoms with Crippen molar-refractivity contribution in [1.29, 1.82) is 0 Å². The van der Waals surface area contributed by atoms with E-state index >= 15 is 0 Å². The van der Waals surface area contributed by atoms with Crippen LogP contribution in [0, 0.1) is 0 Å². The van der Waals surface area contributed by atoms with Crippen LogP contribution in [-0.2, 0) is 4.79 Å². The molecule has 2 atom stereocenters. The molecule has 0 rings (SSSR count). The maximum absolute atomic E-state index is 11.1. The highest BCUT2D eigenvalue weighted by atomic mass is 127. The number of carbonyl (C=O) groups is 1. The summed E-state index contributed by atoms with van der Waals surface area (Å²) >= 11 is 2.15. The van der Waals surface area contributed by atoms with Crippen LogP contribution in [0.25, 0.3) is 0 Å². The lowest BCUT2D eigenvalue weighted by molar-refractivity contribution is -0.149. The molecule has 3 N–H and O–H groups in total. The Bertz CT molecular complexity index is 197. The minimum absolute atomic E-state index is 0.118. The summed E-state index contributed by atoms with van der Waals surface area (Å²) < 4.78 is 0.118. The summed E-state index contributed by atoms with van der Waals surface area (Å²) in [5.41, 5.74) is 4.83. The summed E-state index contributed by atoms with van der Waals surface area (Å²) in [5, 5.41) is 9.09. The third-order valence-electron chi connectivity index (χ3n) is 2.59. The molecule has 0 aliphatic carbocycles. The van der Waals surface area contributed by atoms with Crippen molar-refractivity contribution in [3.05, 3.63) is 0 Å². The molecular formula is C9H19IN2O2. The van der Waals surface area contributed by atoms with Gasteiger partial charge in [0.25, 0.3) is 0 Å². The first-order chi connectivity index (χ1) is 6.30. The lowest BCUT2D eigenvalue weighted by Crippen LogP contribution is -2.48. The van der Waals surface area contributed by atoms with Gasteiger partial charge in [-0.25, -0.2) is 0 Å². The molecule has 0 aromatic carbocycles. The molecule has 0 amide bonds. The van der Waals surface area contributed by atoms with E-state index in [1.54, 1.807) is 25.9 Å². The van der Waals surface area contributed by atoms with Crippen molar-refractivity contribution in [3.8, 4) is 0 Å². The Balaban J connectivity index is 4.18. The first-order valence-corrected chi connectivity index (χ1v) is 5.85. The molecule has 0 aliphatic rings. The SMILES string of the molecule is CN(C)C(C)(CCCC(N)I)C(=O)O. The Hall–Kier alpha value is 0.120. The minimum atomic E-state index is -0.774. The first-order valence-electron chi connectivity index (χ1n) is 4.61. The Labute approximate surface area is 99.0 Å². The third-order valence-corrected chi connectivity index (χ3v) is 3.21. The van der Waals surface area contributed by atoms with Crippen LogP contribution >= 0.6 is 22.6 Å². The van der Waals surface area contributed by atoms with Crippen LogP contribution < -0.4 is 5.73 Å². The molecule has 5 heteroatoms. The molecule has 2 unspecified atom stereocenters. The highest BCUT2D eigenvalue weighted by Gasteiger charge is 2.34. The molecule has 0 fully saturated rings. The van der Waals surface area contributed by atoms with Crippen LogP contribution in [0.15, 0.2) is 0 Å². The first kappa shape index (κ1) is 14.1. The quantitative estimate of drug-likeness (QED) is 0.440. The summed E-state index contributed by atoms with van der Waals surface area (Å²) in [6.07, 6.45) is 2.33. The Morgan fingerprint density at radius 2 is 2.14 bits per heavy atom. The molecule has 14 heavy (non-hydrogen) atoms. The van der Waals surface area contributed by atoms with Gasteiger partial charge < -0.3 is 10.8 Å². The van der Waals surface area contributed by atoms with Crippen molar-refractivity contribution in [3.63, 3.8) is 0 Å². The van der Waals surface area contributed by atoms with Gasteiger partial charge in [-0.15, -0.1) is 0 Å². The number of hydrogen-bond donors (Lipinski definition) is 2. The Kier molecular flexibility index (Phi) is 5.92. The number of aliphatic carboxylic acids is 1. The number of rotatable bonds is 6. The maximum atomic E-state index is 11.1. The molecule has 0 aromatic heterocycles. The molecule has 0 bridgehead atoms. The number of hydrogen-bond acceptors (Lipinski definition) is 3. The van der Waals surface area contributed by atoms with Crippen molar-refractivity contribution in [1.82, 2.24) is 4.90 Å². The highest BCUT2D eigenvalue weighted by Crippen LogP contribution is 2.20. The van der Waals surface area contributed by atoms with E-state index in [9.17, 15) is 4.79 Å². The van der Waals surface area contributed by atoms with Gasteiger partial charge in [-0.05, 0) is 40.3 Å². The fourth-order valence-electron chi connectivity index (χ4n) is 1.16. The maximum Gasteiger partial charge on any atom is 0.323 e. The van der Waals surface area contributed by atoms with E-state index in [-0.39, 0.29) is 4.05 Å². The summed E-state index contributed by atoms with van der Waals surface area (Å²) in [4.78, 5) is 12.8. The molecule has 0 radical (unpaired) electrons. The van der Waals surface area contributed by atoms with Gasteiger partial charge >= 0.3 is 5.97 Å². The zero-order chi connectivity index (χ0) is 11.4. The molecule has 84 valence electrons. The summed E-state index contributed by atoms with van der Waals surface area (Å²) in [6.45, 7) is 1.74. The molecule has 0 heterocycles. The van der Waals surface area contributed by atoms with Crippen LogP contribution in [0.4, 0.5) is 0 Å². The normalized spacial score (nSPS) is 17.9. The van der Waals surface area contributed by atoms with E-state index in [2.05, 4.69) is 22.6 Å². The predicted octanol–water partition coefficient (Wildman–Crippen LogP) is 1.28. The number of nitrogens with zero attached hydrogens (tertiary/aromatic N) is 1. The highest BCUT2D eigenvalue weighted by molar-refractivity contribution is 14.1. The number of halogens is 1. The van der Waals surface area contributed by atoms with E-state index in [0.717, 1.165) is 12.8 Å². The number of carboxylic acids is 1. The lowest BCUT2D eigenvalue weighted by atomic mass is 9.94. The number of carboxylic acid groups (broad SMARTS) is 1. The van der Waals surface area contributed by atoms with Crippen LogP contribution in [0.3, 0.4) is 0 Å². The topological polar surface area (TPSA) is 66.6 Å². The van der Waals surface area contributed by atoms with Crippen LogP contribution in [-0.4, -0.2) is 39.7 Å². The smallest absolute Gasteiger partial charge is 0.323 e. The monoisotopic (exact) mass is 314 g/mol. The van der Waals surface area contributed by atoms with Gasteiger partial charge in [0.1, 0.15) is 5.54 Å². The Morgan fingerprint density at radius 3 is 2.43 bits per heavy atom. The largest absolute Gasteiger partial charge is 0.480 e. The molecule has 4 nitrogen and oxygen atoms in total. The molecule has 0 saturated carbocycles. The zero-order valence-corrected chi connectivity index (χ0v) is 11.1. The average molecular weight is 314 g/mol. The van der Waals surface area contributed by atoms with E-state index in [1.807, 2.05) is 0 Å². The minimum Gasteiger partial charge on any atom is -0.480 e. The van der Waals surface area contributed by atoms with E-state index in [0.29, 0.717) is 6.42 Å². The van der Waals surface area contributed by atoms with Crippen molar-refractivity contribution in [2.24, 2.45) is 5.73 Å². The van der Waals surface area contributed by atoms with Gasteiger partial charge in [0.05, 0.1) is 4.05 Å². The molecule has 0 saturated heterocycles. The average Bonchev–Trinajstić information content (AvgIpc) is 2.02. The van der Waals surface area contributed by atoms with Crippen LogP contribution in [0.1, 0.15) is 26.2 Å². The fraction of sp³-hybridized carbons (Fsp3) is 0.889. The lowest BCUT2D eigenvalue weighted by Gasteiger charge is -2.32. The molecular weight excluding hydrogens is 295 g/mol. The van der Waals surface area contributed by atoms with Crippen molar-refractivity contribution < 1.29 is 9.90 Å². The zero-order valence-electron chi connectivity index (χ0n) is 8.96. The predicted molar refractivity (Wildman–Crippen MR) is 65.6 cm³/mol. The summed E-state index contributed by atoms with van der Waals surface area (Å²) in [7, 11) is 3.58. The van der Waals surface area contributed by atoms with Gasteiger partial charge in [0, 0.05) is 0 Å². The number of alkyl halides is 1. The van der Waals surface area contributed by atoms with Gasteiger partial charge in [-0.3, -0.25) is 9.69 Å². The van der Waals surface area contributed by atoms with Gasteiger partial charge in [0.15, 0.2) is 0 Å². The van der Waals surface area contributed by atoms with Crippen LogP contribution in [0.2, 0.25) is 0 Å². The van der Waals surface area contributed by atoms with Gasteiger partial charge in [0.2, 0.25) is 0 Å². The second-order valence-corrected chi connectivity index (χ2v) is 5.48. The summed E-state index contributed by atoms with van der Waals surface area (Å²) in [5.74, 6) is -0.774. The standard InChI is InChI=1S/C9H19IN2O2/c1-9(8(13)14,12(2)3)6-4-5-7(10)11/h7H,4-6,11H2,1-3H3,(H,13,14). The van der Waals surface area contributed by atoms with E-state index in [1.165, 1.54) is 0 Å². The number of nitrogens with two attached hydrogens (primary N) is 1. The number of likely N-dealkylation sites (N-methyl/N-ethyl adjacent to an activating group) is 1. The second-order valence-electron chi connectivity index (χ2n) is 3.88. The van der Waals surface area contributed by atoms with Crippen molar-refractivity contribution in [2.75, 3.05) is 14.1 Å². The van der Waals surface area contributed by atoms with Crippen LogP contribution in [0.5, 0.6) is 0 Å². The Morgan fingerprint density at radius 1 is 1.64 bits per heavy atom. The van der Waals surface area contributed by atoms with Gasteiger partial charge in [-0.1, -0.05) is 22.6 Å². The van der Waals surface area contributed by atoms with E-state index in [4.69, 9.17) is 10.8 Å². The third kappa shape index (κ3) is 4.10.